The highest BCUT2D eigenvalue weighted by Crippen LogP contribution is 2.41. The van der Waals surface area contributed by atoms with E-state index in [0.29, 0.717) is 29.6 Å². The fourth-order valence-corrected chi connectivity index (χ4v) is 4.77. The summed E-state index contributed by atoms with van der Waals surface area (Å²) >= 11 is 0. The smallest absolute Gasteiger partial charge is 0.291 e. The molecule has 0 fully saturated rings. The average Bonchev–Trinajstić information content (AvgIpc) is 3.17. The van der Waals surface area contributed by atoms with Gasteiger partial charge in [-0.1, -0.05) is 49.7 Å². The van der Waals surface area contributed by atoms with Crippen LogP contribution in [0.4, 0.5) is 4.39 Å². The molecule has 1 atom stereocenters. The zero-order valence-electron chi connectivity index (χ0n) is 21.9. The summed E-state index contributed by atoms with van der Waals surface area (Å²) in [4.78, 5) is 29.0. The number of aryl methyl sites for hydroxylation is 1. The Morgan fingerprint density at radius 3 is 2.47 bits per heavy atom. The second-order valence-electron chi connectivity index (χ2n) is 10.1. The van der Waals surface area contributed by atoms with Crippen molar-refractivity contribution in [3.05, 3.63) is 105 Å². The Hall–Kier alpha value is -4.13. The zero-order chi connectivity index (χ0) is 27.0. The molecule has 0 saturated heterocycles. The van der Waals surface area contributed by atoms with Gasteiger partial charge in [-0.15, -0.1) is 0 Å². The average molecular weight is 516 g/mol. The Bertz CT molecular complexity index is 1560. The van der Waals surface area contributed by atoms with Crippen LogP contribution in [0.5, 0.6) is 11.5 Å². The van der Waals surface area contributed by atoms with Crippen LogP contribution in [-0.2, 0) is 6.54 Å². The Morgan fingerprint density at radius 2 is 1.76 bits per heavy atom. The molecule has 0 spiro atoms. The predicted octanol–water partition coefficient (Wildman–Crippen LogP) is 6.42. The van der Waals surface area contributed by atoms with Crippen LogP contribution in [0.25, 0.3) is 11.0 Å². The first kappa shape index (κ1) is 25.5. The van der Waals surface area contributed by atoms with E-state index in [1.165, 1.54) is 12.1 Å². The SMILES string of the molecule is COc1cc(C2c3c(oc4ccc(F)cc4c3=O)C(=O)N2Cc2ccc(C)cc2)ccc1OCCC(C)C. The standard InChI is InChI=1S/C31H30FNO5/c1-18(2)13-14-37-25-11-9-21(15-26(25)36-4)28-27-29(34)23-16-22(32)10-12-24(23)38-30(27)31(35)33(28)17-20-7-5-19(3)6-8-20/h5-12,15-16,18,28H,13-14,17H2,1-4H3. The van der Waals surface area contributed by atoms with Gasteiger partial charge >= 0.3 is 0 Å². The molecule has 1 unspecified atom stereocenters. The minimum absolute atomic E-state index is 0.0255. The fourth-order valence-electron chi connectivity index (χ4n) is 4.77. The lowest BCUT2D eigenvalue weighted by atomic mass is 9.97. The first-order valence-electron chi connectivity index (χ1n) is 12.7. The Kier molecular flexibility index (Phi) is 6.93. The van der Waals surface area contributed by atoms with Crippen molar-refractivity contribution in [1.82, 2.24) is 4.90 Å². The van der Waals surface area contributed by atoms with Crippen molar-refractivity contribution in [3.63, 3.8) is 0 Å². The summed E-state index contributed by atoms with van der Waals surface area (Å²) < 4.78 is 31.6. The lowest BCUT2D eigenvalue weighted by Gasteiger charge is -2.26. The van der Waals surface area contributed by atoms with Crippen molar-refractivity contribution in [2.24, 2.45) is 5.92 Å². The minimum atomic E-state index is -0.749. The largest absolute Gasteiger partial charge is 0.493 e. The topological polar surface area (TPSA) is 69.0 Å². The minimum Gasteiger partial charge on any atom is -0.493 e. The number of fused-ring (bicyclic) bond motifs is 2. The normalized spacial score (nSPS) is 14.8. The highest BCUT2D eigenvalue weighted by molar-refractivity contribution is 5.99. The van der Waals surface area contributed by atoms with E-state index in [2.05, 4.69) is 13.8 Å². The van der Waals surface area contributed by atoms with Gasteiger partial charge in [0, 0.05) is 6.54 Å². The van der Waals surface area contributed by atoms with Crippen molar-refractivity contribution in [3.8, 4) is 11.5 Å². The summed E-state index contributed by atoms with van der Waals surface area (Å²) in [5.41, 5.74) is 2.61. The maximum atomic E-state index is 14.1. The molecule has 1 aromatic heterocycles. The molecule has 4 aromatic rings. The quantitative estimate of drug-likeness (QED) is 0.271. The molecule has 0 N–H and O–H groups in total. The van der Waals surface area contributed by atoms with Crippen molar-refractivity contribution < 1.29 is 23.1 Å². The second kappa shape index (κ2) is 10.3. The monoisotopic (exact) mass is 515 g/mol. The van der Waals surface area contributed by atoms with Crippen LogP contribution in [0.2, 0.25) is 0 Å². The van der Waals surface area contributed by atoms with Crippen LogP contribution >= 0.6 is 0 Å². The van der Waals surface area contributed by atoms with Gasteiger partial charge in [-0.25, -0.2) is 4.39 Å². The Morgan fingerprint density at radius 1 is 1.00 bits per heavy atom. The number of benzene rings is 3. The molecule has 38 heavy (non-hydrogen) atoms. The number of ether oxygens (including phenoxy) is 2. The molecule has 5 rings (SSSR count). The first-order valence-corrected chi connectivity index (χ1v) is 12.7. The van der Waals surface area contributed by atoms with Gasteiger partial charge in [0.2, 0.25) is 5.76 Å². The van der Waals surface area contributed by atoms with Crippen LogP contribution in [-0.4, -0.2) is 24.5 Å². The van der Waals surface area contributed by atoms with Crippen molar-refractivity contribution in [2.75, 3.05) is 13.7 Å². The van der Waals surface area contributed by atoms with E-state index in [1.54, 1.807) is 24.1 Å². The van der Waals surface area contributed by atoms with Gasteiger partial charge in [-0.05, 0) is 60.7 Å². The zero-order valence-corrected chi connectivity index (χ0v) is 21.9. The summed E-state index contributed by atoms with van der Waals surface area (Å²) in [5, 5.41) is 0.0966. The van der Waals surface area contributed by atoms with E-state index in [4.69, 9.17) is 13.9 Å². The highest BCUT2D eigenvalue weighted by Gasteiger charge is 2.43. The maximum absolute atomic E-state index is 14.1. The molecule has 196 valence electrons. The van der Waals surface area contributed by atoms with Gasteiger partial charge < -0.3 is 18.8 Å². The summed E-state index contributed by atoms with van der Waals surface area (Å²) in [7, 11) is 1.55. The second-order valence-corrected chi connectivity index (χ2v) is 10.1. The number of carbonyl (C=O) groups excluding carboxylic acids is 1. The number of halogens is 1. The molecule has 0 bridgehead atoms. The molecule has 1 amide bonds. The molecule has 0 radical (unpaired) electrons. The lowest BCUT2D eigenvalue weighted by molar-refractivity contribution is 0.0714. The third kappa shape index (κ3) is 4.76. The van der Waals surface area contributed by atoms with Gasteiger partial charge in [0.05, 0.1) is 30.7 Å². The maximum Gasteiger partial charge on any atom is 0.291 e. The van der Waals surface area contributed by atoms with Crippen LogP contribution < -0.4 is 14.9 Å². The third-order valence-electron chi connectivity index (χ3n) is 6.86. The summed E-state index contributed by atoms with van der Waals surface area (Å²) in [6.45, 7) is 7.05. The number of hydrogen-bond acceptors (Lipinski definition) is 5. The van der Waals surface area contributed by atoms with Crippen LogP contribution in [0.15, 0.2) is 69.9 Å². The number of amides is 1. The molecule has 1 aliphatic rings. The predicted molar refractivity (Wildman–Crippen MR) is 143 cm³/mol. The Labute approximate surface area is 220 Å². The van der Waals surface area contributed by atoms with Gasteiger partial charge in [-0.2, -0.15) is 0 Å². The third-order valence-corrected chi connectivity index (χ3v) is 6.86. The molecule has 6 nitrogen and oxygen atoms in total. The molecule has 1 aliphatic heterocycles. The van der Waals surface area contributed by atoms with Gasteiger partial charge in [0.1, 0.15) is 11.4 Å². The Balaban J connectivity index is 1.63. The van der Waals surface area contributed by atoms with Gasteiger partial charge in [0.25, 0.3) is 5.91 Å². The number of hydrogen-bond donors (Lipinski definition) is 0. The van der Waals surface area contributed by atoms with E-state index in [9.17, 15) is 14.0 Å². The first-order chi connectivity index (χ1) is 18.3. The van der Waals surface area contributed by atoms with Crippen molar-refractivity contribution in [1.29, 1.82) is 0 Å². The van der Waals surface area contributed by atoms with Crippen molar-refractivity contribution >= 4 is 16.9 Å². The van der Waals surface area contributed by atoms with Gasteiger partial charge in [0.15, 0.2) is 16.9 Å². The summed E-state index contributed by atoms with van der Waals surface area (Å²) in [5.74, 6) is 0.604. The van der Waals surface area contributed by atoms with E-state index < -0.39 is 23.2 Å². The molecule has 7 heteroatoms. The van der Waals surface area contributed by atoms with Crippen molar-refractivity contribution in [2.45, 2.75) is 39.8 Å². The van der Waals surface area contributed by atoms with Crippen LogP contribution in [0.1, 0.15) is 59.1 Å². The molecule has 0 aliphatic carbocycles. The van der Waals surface area contributed by atoms with E-state index in [0.717, 1.165) is 23.6 Å². The molecular weight excluding hydrogens is 485 g/mol. The van der Waals surface area contributed by atoms with E-state index in [-0.39, 0.29) is 28.8 Å². The number of methoxy groups -OCH3 is 1. The van der Waals surface area contributed by atoms with E-state index in [1.807, 2.05) is 37.3 Å². The molecule has 0 saturated carbocycles. The fraction of sp³-hybridized carbons (Fsp3) is 0.290. The highest BCUT2D eigenvalue weighted by atomic mass is 19.1. The summed E-state index contributed by atoms with van der Waals surface area (Å²) in [6, 6.07) is 16.3. The summed E-state index contributed by atoms with van der Waals surface area (Å²) in [6.07, 6.45) is 0.893. The van der Waals surface area contributed by atoms with Crippen LogP contribution in [0, 0.1) is 18.7 Å². The number of rotatable bonds is 8. The molecule has 2 heterocycles. The number of carbonyl (C=O) groups is 1. The lowest BCUT2D eigenvalue weighted by Crippen LogP contribution is -2.29. The van der Waals surface area contributed by atoms with Gasteiger partial charge in [-0.3, -0.25) is 9.59 Å². The molecular formula is C31H30FNO5. The van der Waals surface area contributed by atoms with E-state index >= 15 is 0 Å². The number of nitrogens with zero attached hydrogens (tertiary/aromatic N) is 1. The molecule has 3 aromatic carbocycles. The van der Waals surface area contributed by atoms with Crippen LogP contribution in [0.3, 0.4) is 0 Å².